The van der Waals surface area contributed by atoms with E-state index in [2.05, 4.69) is 10.3 Å². The quantitative estimate of drug-likeness (QED) is 0.807. The van der Waals surface area contributed by atoms with Crippen molar-refractivity contribution in [2.75, 3.05) is 13.1 Å². The number of hydroxylamine groups is 2. The van der Waals surface area contributed by atoms with E-state index in [1.54, 1.807) is 43.3 Å². The van der Waals surface area contributed by atoms with Crippen molar-refractivity contribution in [1.82, 2.24) is 15.4 Å². The van der Waals surface area contributed by atoms with Crippen molar-refractivity contribution in [2.45, 2.75) is 32.7 Å². The van der Waals surface area contributed by atoms with E-state index in [0.717, 1.165) is 5.56 Å². The molecule has 2 aromatic rings. The summed E-state index contributed by atoms with van der Waals surface area (Å²) in [6.45, 7) is 4.61. The monoisotopic (exact) mass is 399 g/mol. The summed E-state index contributed by atoms with van der Waals surface area (Å²) in [5.74, 6) is -1.05. The van der Waals surface area contributed by atoms with Gasteiger partial charge in [0.15, 0.2) is 0 Å². The van der Waals surface area contributed by atoms with Crippen LogP contribution >= 0.6 is 0 Å². The van der Waals surface area contributed by atoms with E-state index in [1.807, 2.05) is 12.1 Å². The van der Waals surface area contributed by atoms with Gasteiger partial charge in [-0.15, -0.1) is 5.06 Å². The van der Waals surface area contributed by atoms with Crippen LogP contribution in [0.4, 0.5) is 4.39 Å². The van der Waals surface area contributed by atoms with E-state index in [1.165, 1.54) is 12.1 Å². The summed E-state index contributed by atoms with van der Waals surface area (Å²) in [5, 5.41) is 4.69. The minimum absolute atomic E-state index is 0.0835. The Hall–Kier alpha value is -2.80. The number of aromatic nitrogens is 1. The first-order chi connectivity index (χ1) is 13.9. The molecule has 3 rings (SSSR count). The van der Waals surface area contributed by atoms with Crippen molar-refractivity contribution >= 4 is 11.9 Å². The number of pyridine rings is 1. The number of hydrogen-bond acceptors (Lipinski definition) is 5. The maximum Gasteiger partial charge on any atom is 0.327 e. The molecule has 6 nitrogen and oxygen atoms in total. The van der Waals surface area contributed by atoms with Crippen molar-refractivity contribution in [2.24, 2.45) is 11.8 Å². The van der Waals surface area contributed by atoms with Gasteiger partial charge in [-0.3, -0.25) is 14.6 Å². The number of hydrogen-bond donors (Lipinski definition) is 1. The molecule has 0 spiro atoms. The zero-order valence-corrected chi connectivity index (χ0v) is 16.7. The van der Waals surface area contributed by atoms with Crippen LogP contribution in [0.15, 0.2) is 48.7 Å². The number of benzene rings is 1. The Morgan fingerprint density at radius 3 is 2.41 bits per heavy atom. The first-order valence-electron chi connectivity index (χ1n) is 9.87. The average Bonchev–Trinajstić information content (AvgIpc) is 2.73. The first kappa shape index (κ1) is 20.9. The Morgan fingerprint density at radius 2 is 1.83 bits per heavy atom. The van der Waals surface area contributed by atoms with Gasteiger partial charge in [-0.05, 0) is 42.7 Å². The van der Waals surface area contributed by atoms with Gasteiger partial charge < -0.3 is 10.2 Å². The van der Waals surface area contributed by atoms with E-state index in [0.29, 0.717) is 31.6 Å². The fourth-order valence-corrected chi connectivity index (χ4v) is 3.23. The van der Waals surface area contributed by atoms with Crippen molar-refractivity contribution in [1.29, 1.82) is 0 Å². The molecule has 1 atom stereocenters. The van der Waals surface area contributed by atoms with Crippen molar-refractivity contribution in [3.63, 3.8) is 0 Å². The predicted molar refractivity (Wildman–Crippen MR) is 106 cm³/mol. The van der Waals surface area contributed by atoms with E-state index < -0.39 is 6.04 Å². The number of rotatable bonds is 6. The molecule has 1 aliphatic heterocycles. The van der Waals surface area contributed by atoms with Gasteiger partial charge in [0.1, 0.15) is 5.82 Å². The van der Waals surface area contributed by atoms with E-state index >= 15 is 0 Å². The van der Waals surface area contributed by atoms with Crippen LogP contribution in [-0.4, -0.2) is 35.0 Å². The number of amides is 1. The average molecular weight is 399 g/mol. The molecular weight excluding hydrogens is 373 g/mol. The van der Waals surface area contributed by atoms with Gasteiger partial charge in [-0.1, -0.05) is 32.0 Å². The molecule has 1 fully saturated rings. The van der Waals surface area contributed by atoms with Crippen LogP contribution in [0.3, 0.4) is 0 Å². The Labute approximate surface area is 170 Å². The van der Waals surface area contributed by atoms with Gasteiger partial charge in [0.05, 0.1) is 17.7 Å². The van der Waals surface area contributed by atoms with Crippen LogP contribution in [0, 0.1) is 17.7 Å². The summed E-state index contributed by atoms with van der Waals surface area (Å²) >= 11 is 0. The maximum absolute atomic E-state index is 13.3. The van der Waals surface area contributed by atoms with Crippen LogP contribution in [-0.2, 0) is 14.4 Å². The third-order valence-corrected chi connectivity index (χ3v) is 4.99. The van der Waals surface area contributed by atoms with Crippen molar-refractivity contribution in [3.8, 4) is 0 Å². The second-order valence-electron chi connectivity index (χ2n) is 7.52. The summed E-state index contributed by atoms with van der Waals surface area (Å²) in [7, 11) is 0. The third-order valence-electron chi connectivity index (χ3n) is 4.99. The molecule has 1 aromatic heterocycles. The summed E-state index contributed by atoms with van der Waals surface area (Å²) in [4.78, 5) is 34.3. The molecule has 2 heterocycles. The van der Waals surface area contributed by atoms with Gasteiger partial charge in [0.2, 0.25) is 5.91 Å². The molecule has 1 aromatic carbocycles. The van der Waals surface area contributed by atoms with Crippen molar-refractivity contribution < 1.29 is 18.8 Å². The highest BCUT2D eigenvalue weighted by Gasteiger charge is 2.29. The van der Waals surface area contributed by atoms with Crippen LogP contribution in [0.1, 0.15) is 44.0 Å². The molecule has 29 heavy (non-hydrogen) atoms. The maximum atomic E-state index is 13.3. The number of halogens is 1. The molecule has 1 saturated heterocycles. The Bertz CT molecular complexity index is 819. The first-order valence-corrected chi connectivity index (χ1v) is 9.87. The number of piperidine rings is 1. The lowest BCUT2D eigenvalue weighted by Gasteiger charge is -2.31. The molecule has 0 aliphatic carbocycles. The lowest BCUT2D eigenvalue weighted by Crippen LogP contribution is -2.42. The molecule has 0 radical (unpaired) electrons. The smallest absolute Gasteiger partial charge is 0.327 e. The minimum Gasteiger partial charge on any atom is -0.368 e. The van der Waals surface area contributed by atoms with Crippen LogP contribution in [0.2, 0.25) is 0 Å². The SMILES string of the molecule is CC(C)C(=O)ON1CCC(C(=O)NC(c2ccc(F)cc2)c2ccccn2)CC1. The number of nitrogens with one attached hydrogen (secondary N) is 1. The fourth-order valence-electron chi connectivity index (χ4n) is 3.23. The zero-order valence-electron chi connectivity index (χ0n) is 16.7. The van der Waals surface area contributed by atoms with Gasteiger partial charge in [0.25, 0.3) is 0 Å². The molecule has 1 amide bonds. The van der Waals surface area contributed by atoms with Crippen LogP contribution in [0.5, 0.6) is 0 Å². The topological polar surface area (TPSA) is 71.5 Å². The highest BCUT2D eigenvalue weighted by atomic mass is 19.1. The molecule has 0 bridgehead atoms. The molecule has 0 saturated carbocycles. The van der Waals surface area contributed by atoms with Crippen LogP contribution in [0.25, 0.3) is 0 Å². The third kappa shape index (κ3) is 5.60. The summed E-state index contributed by atoms with van der Waals surface area (Å²) in [6.07, 6.45) is 2.85. The normalized spacial score (nSPS) is 16.4. The lowest BCUT2D eigenvalue weighted by molar-refractivity contribution is -0.200. The zero-order chi connectivity index (χ0) is 20.8. The lowest BCUT2D eigenvalue weighted by atomic mass is 9.95. The van der Waals surface area contributed by atoms with E-state index in [-0.39, 0.29) is 29.5 Å². The van der Waals surface area contributed by atoms with Gasteiger partial charge in [0, 0.05) is 25.2 Å². The Kier molecular flexibility index (Phi) is 6.93. The number of nitrogens with zero attached hydrogens (tertiary/aromatic N) is 2. The van der Waals surface area contributed by atoms with Crippen molar-refractivity contribution in [3.05, 3.63) is 65.7 Å². The summed E-state index contributed by atoms with van der Waals surface area (Å²) in [6, 6.07) is 11.1. The molecule has 154 valence electrons. The second-order valence-corrected chi connectivity index (χ2v) is 7.52. The highest BCUT2D eigenvalue weighted by molar-refractivity contribution is 5.79. The standard InChI is InChI=1S/C22H26FN3O3/c1-15(2)22(28)29-26-13-10-17(11-14-26)21(27)25-20(19-5-3-4-12-24-19)16-6-8-18(23)9-7-16/h3-9,12,15,17,20H,10-11,13-14H2,1-2H3,(H,25,27). The predicted octanol–water partition coefficient (Wildman–Crippen LogP) is 3.25. The van der Waals surface area contributed by atoms with Gasteiger partial charge in [-0.2, -0.15) is 0 Å². The van der Waals surface area contributed by atoms with Gasteiger partial charge in [-0.25, -0.2) is 4.39 Å². The molecule has 7 heteroatoms. The van der Waals surface area contributed by atoms with E-state index in [4.69, 9.17) is 4.84 Å². The highest BCUT2D eigenvalue weighted by Crippen LogP contribution is 2.24. The van der Waals surface area contributed by atoms with E-state index in [9.17, 15) is 14.0 Å². The minimum atomic E-state index is -0.457. The summed E-state index contributed by atoms with van der Waals surface area (Å²) < 4.78 is 13.3. The molecule has 1 unspecified atom stereocenters. The Balaban J connectivity index is 1.65. The molecule has 1 N–H and O–H groups in total. The van der Waals surface area contributed by atoms with Gasteiger partial charge >= 0.3 is 5.97 Å². The Morgan fingerprint density at radius 1 is 1.14 bits per heavy atom. The summed E-state index contributed by atoms with van der Waals surface area (Å²) in [5.41, 5.74) is 1.46. The largest absolute Gasteiger partial charge is 0.368 e. The number of carbonyl (C=O) groups is 2. The molecule has 1 aliphatic rings. The number of carbonyl (C=O) groups excluding carboxylic acids is 2. The second kappa shape index (κ2) is 9.60. The fraction of sp³-hybridized carbons (Fsp3) is 0.409. The van der Waals surface area contributed by atoms with Crippen LogP contribution < -0.4 is 5.32 Å². The molecular formula is C22H26FN3O3.